The van der Waals surface area contributed by atoms with Gasteiger partial charge in [-0.25, -0.2) is 9.97 Å². The van der Waals surface area contributed by atoms with E-state index in [0.29, 0.717) is 0 Å². The van der Waals surface area contributed by atoms with E-state index < -0.39 is 0 Å². The molecule has 1 aliphatic heterocycles. The summed E-state index contributed by atoms with van der Waals surface area (Å²) in [7, 11) is 0. The highest BCUT2D eigenvalue weighted by Gasteiger charge is 2.11. The van der Waals surface area contributed by atoms with E-state index in [1.165, 1.54) is 5.56 Å². The van der Waals surface area contributed by atoms with Crippen molar-refractivity contribution in [1.29, 1.82) is 0 Å². The van der Waals surface area contributed by atoms with Crippen LogP contribution in [0.4, 0.5) is 11.6 Å². The second-order valence-corrected chi connectivity index (χ2v) is 5.21. The van der Waals surface area contributed by atoms with Crippen LogP contribution < -0.4 is 10.6 Å². The van der Waals surface area contributed by atoms with E-state index in [0.717, 1.165) is 70.4 Å². The van der Waals surface area contributed by atoms with E-state index in [1.807, 2.05) is 0 Å². The lowest BCUT2D eigenvalue weighted by Crippen LogP contribution is -2.39. The third kappa shape index (κ3) is 4.82. The third-order valence-corrected chi connectivity index (χ3v) is 3.67. The molecule has 1 aromatic heterocycles. The van der Waals surface area contributed by atoms with Gasteiger partial charge in [0.15, 0.2) is 0 Å². The predicted molar refractivity (Wildman–Crippen MR) is 85.9 cm³/mol. The number of hydrogen-bond donors (Lipinski definition) is 2. The van der Waals surface area contributed by atoms with E-state index in [2.05, 4.69) is 39.3 Å². The SMILES string of the molecule is CCCNc1ncnc(NCCN2CCOCC2)c1CC. The fourth-order valence-corrected chi connectivity index (χ4v) is 2.45. The summed E-state index contributed by atoms with van der Waals surface area (Å²) in [6.07, 6.45) is 3.65. The van der Waals surface area contributed by atoms with Gasteiger partial charge in [0.1, 0.15) is 18.0 Å². The van der Waals surface area contributed by atoms with Gasteiger partial charge >= 0.3 is 0 Å². The van der Waals surface area contributed by atoms with Crippen LogP contribution in [0.5, 0.6) is 0 Å². The summed E-state index contributed by atoms with van der Waals surface area (Å²) in [4.78, 5) is 11.2. The third-order valence-electron chi connectivity index (χ3n) is 3.67. The first-order valence-electron chi connectivity index (χ1n) is 7.96. The zero-order valence-electron chi connectivity index (χ0n) is 13.2. The summed E-state index contributed by atoms with van der Waals surface area (Å²) in [6.45, 7) is 10.9. The predicted octanol–water partition coefficient (Wildman–Crippen LogP) is 1.60. The number of anilines is 2. The fraction of sp³-hybridized carbons (Fsp3) is 0.733. The van der Waals surface area contributed by atoms with E-state index in [1.54, 1.807) is 6.33 Å². The first-order valence-corrected chi connectivity index (χ1v) is 7.96. The van der Waals surface area contributed by atoms with Gasteiger partial charge in [-0.15, -0.1) is 0 Å². The summed E-state index contributed by atoms with van der Waals surface area (Å²) in [5.74, 6) is 1.92. The smallest absolute Gasteiger partial charge is 0.134 e. The van der Waals surface area contributed by atoms with E-state index in [4.69, 9.17) is 4.74 Å². The van der Waals surface area contributed by atoms with Crippen LogP contribution in [-0.2, 0) is 11.2 Å². The summed E-state index contributed by atoms with van der Waals surface area (Å²) in [5.41, 5.74) is 1.17. The highest BCUT2D eigenvalue weighted by Crippen LogP contribution is 2.20. The van der Waals surface area contributed by atoms with Gasteiger partial charge in [-0.05, 0) is 12.8 Å². The van der Waals surface area contributed by atoms with Gasteiger partial charge in [0.25, 0.3) is 0 Å². The molecule has 0 atom stereocenters. The lowest BCUT2D eigenvalue weighted by Gasteiger charge is -2.26. The number of nitrogens with one attached hydrogen (secondary N) is 2. The maximum Gasteiger partial charge on any atom is 0.134 e. The van der Waals surface area contributed by atoms with Gasteiger partial charge in [0.05, 0.1) is 13.2 Å². The minimum Gasteiger partial charge on any atom is -0.379 e. The van der Waals surface area contributed by atoms with Crippen molar-refractivity contribution in [3.8, 4) is 0 Å². The zero-order valence-corrected chi connectivity index (χ0v) is 13.2. The first kappa shape index (κ1) is 16.0. The Balaban J connectivity index is 1.89. The molecule has 118 valence electrons. The van der Waals surface area contributed by atoms with Crippen molar-refractivity contribution in [2.24, 2.45) is 0 Å². The van der Waals surface area contributed by atoms with Crippen LogP contribution in [-0.4, -0.2) is 60.8 Å². The van der Waals surface area contributed by atoms with Gasteiger partial charge < -0.3 is 15.4 Å². The molecule has 1 fully saturated rings. The molecular formula is C15H27N5O. The number of morpholine rings is 1. The lowest BCUT2D eigenvalue weighted by molar-refractivity contribution is 0.0398. The molecule has 0 radical (unpaired) electrons. The Morgan fingerprint density at radius 1 is 1.10 bits per heavy atom. The summed E-state index contributed by atoms with van der Waals surface area (Å²) in [6, 6.07) is 0. The van der Waals surface area contributed by atoms with Crippen molar-refractivity contribution >= 4 is 11.6 Å². The van der Waals surface area contributed by atoms with Crippen molar-refractivity contribution < 1.29 is 4.74 Å². The van der Waals surface area contributed by atoms with E-state index >= 15 is 0 Å². The molecule has 0 bridgehead atoms. The standard InChI is InChI=1S/C15H27N5O/c1-3-5-16-14-13(4-2)15(19-12-18-14)17-6-7-20-8-10-21-11-9-20/h12H,3-11H2,1-2H3,(H2,16,17,18,19). The quantitative estimate of drug-likeness (QED) is 0.759. The Morgan fingerprint density at radius 2 is 1.76 bits per heavy atom. The molecule has 0 aromatic carbocycles. The average molecular weight is 293 g/mol. The Morgan fingerprint density at radius 3 is 2.38 bits per heavy atom. The molecule has 0 amide bonds. The normalized spacial score (nSPS) is 15.9. The molecule has 1 aromatic rings. The molecule has 1 saturated heterocycles. The molecule has 0 saturated carbocycles. The van der Waals surface area contributed by atoms with Crippen LogP contribution in [0.3, 0.4) is 0 Å². The van der Waals surface area contributed by atoms with Crippen LogP contribution >= 0.6 is 0 Å². The second-order valence-electron chi connectivity index (χ2n) is 5.21. The van der Waals surface area contributed by atoms with Gasteiger partial charge in [0.2, 0.25) is 0 Å². The van der Waals surface area contributed by atoms with Crippen molar-refractivity contribution in [3.05, 3.63) is 11.9 Å². The molecule has 0 spiro atoms. The monoisotopic (exact) mass is 293 g/mol. The molecule has 1 aliphatic rings. The summed E-state index contributed by atoms with van der Waals surface area (Å²) in [5, 5.41) is 6.83. The Bertz CT molecular complexity index is 421. The number of ether oxygens (including phenoxy) is 1. The van der Waals surface area contributed by atoms with Crippen LogP contribution in [0.1, 0.15) is 25.8 Å². The van der Waals surface area contributed by atoms with Crippen molar-refractivity contribution in [2.45, 2.75) is 26.7 Å². The summed E-state index contributed by atoms with van der Waals surface area (Å²) < 4.78 is 5.36. The van der Waals surface area contributed by atoms with Gasteiger partial charge in [0, 0.05) is 38.3 Å². The molecule has 6 nitrogen and oxygen atoms in total. The largest absolute Gasteiger partial charge is 0.379 e. The second kappa shape index (κ2) is 8.79. The topological polar surface area (TPSA) is 62.3 Å². The Labute approximate surface area is 127 Å². The highest BCUT2D eigenvalue weighted by molar-refractivity contribution is 5.57. The van der Waals surface area contributed by atoms with Crippen LogP contribution in [0, 0.1) is 0 Å². The van der Waals surface area contributed by atoms with Gasteiger partial charge in [-0.2, -0.15) is 0 Å². The van der Waals surface area contributed by atoms with E-state index in [9.17, 15) is 0 Å². The molecule has 2 N–H and O–H groups in total. The molecule has 0 unspecified atom stereocenters. The lowest BCUT2D eigenvalue weighted by atomic mass is 10.2. The Kier molecular flexibility index (Phi) is 6.69. The highest BCUT2D eigenvalue weighted by atomic mass is 16.5. The summed E-state index contributed by atoms with van der Waals surface area (Å²) >= 11 is 0. The molecule has 21 heavy (non-hydrogen) atoms. The van der Waals surface area contributed by atoms with Crippen LogP contribution in [0.15, 0.2) is 6.33 Å². The van der Waals surface area contributed by atoms with Gasteiger partial charge in [-0.1, -0.05) is 13.8 Å². The molecule has 6 heteroatoms. The molecule has 0 aliphatic carbocycles. The minimum atomic E-state index is 0.846. The first-order chi connectivity index (χ1) is 10.3. The maximum atomic E-state index is 5.36. The van der Waals surface area contributed by atoms with Gasteiger partial charge in [-0.3, -0.25) is 4.90 Å². The Hall–Kier alpha value is -1.40. The average Bonchev–Trinajstić information content (AvgIpc) is 2.54. The van der Waals surface area contributed by atoms with Crippen LogP contribution in [0.25, 0.3) is 0 Å². The zero-order chi connectivity index (χ0) is 14.9. The van der Waals surface area contributed by atoms with Crippen molar-refractivity contribution in [2.75, 3.05) is 56.6 Å². The molecule has 2 rings (SSSR count). The molecular weight excluding hydrogens is 266 g/mol. The molecule has 2 heterocycles. The number of hydrogen-bond acceptors (Lipinski definition) is 6. The minimum absolute atomic E-state index is 0.846. The number of nitrogens with zero attached hydrogens (tertiary/aromatic N) is 3. The van der Waals surface area contributed by atoms with Crippen molar-refractivity contribution in [1.82, 2.24) is 14.9 Å². The number of aromatic nitrogens is 2. The fourth-order valence-electron chi connectivity index (χ4n) is 2.45. The van der Waals surface area contributed by atoms with Crippen molar-refractivity contribution in [3.63, 3.8) is 0 Å². The van der Waals surface area contributed by atoms with E-state index in [-0.39, 0.29) is 0 Å². The number of rotatable bonds is 8. The maximum absolute atomic E-state index is 5.36. The van der Waals surface area contributed by atoms with Crippen LogP contribution in [0.2, 0.25) is 0 Å².